The molecule has 1 unspecified atom stereocenters. The molecule has 3 N–H and O–H groups in total. The van der Waals surface area contributed by atoms with E-state index in [1.807, 2.05) is 24.3 Å². The molecule has 1 aromatic carbocycles. The molecular weight excluding hydrogens is 274 g/mol. The number of urea groups is 1. The smallest absolute Gasteiger partial charge is 0.321 e. The Hall–Kier alpha value is -2.77. The maximum atomic E-state index is 11.6. The van der Waals surface area contributed by atoms with Crippen molar-refractivity contribution in [2.45, 2.75) is 12.5 Å². The third-order valence-electron chi connectivity index (χ3n) is 2.97. The number of anilines is 1. The lowest BCUT2D eigenvalue weighted by atomic mass is 10.2. The predicted molar refractivity (Wildman–Crippen MR) is 74.4 cm³/mol. The molecule has 0 spiro atoms. The molecule has 8 heteroatoms. The Morgan fingerprint density at radius 1 is 1.38 bits per heavy atom. The van der Waals surface area contributed by atoms with Gasteiger partial charge in [-0.05, 0) is 12.1 Å². The summed E-state index contributed by atoms with van der Waals surface area (Å²) in [5.74, 6) is 1.79. The zero-order valence-electron chi connectivity index (χ0n) is 11.2. The molecule has 0 bridgehead atoms. The monoisotopic (exact) mass is 289 g/mol. The van der Waals surface area contributed by atoms with E-state index in [0.29, 0.717) is 25.5 Å². The third-order valence-corrected chi connectivity index (χ3v) is 2.97. The molecule has 21 heavy (non-hydrogen) atoms. The van der Waals surface area contributed by atoms with Crippen molar-refractivity contribution >= 4 is 12.0 Å². The van der Waals surface area contributed by atoms with Gasteiger partial charge in [-0.1, -0.05) is 12.1 Å². The molecule has 1 aliphatic heterocycles. The highest BCUT2D eigenvalue weighted by Gasteiger charge is 2.20. The van der Waals surface area contributed by atoms with E-state index in [0.717, 1.165) is 11.5 Å². The van der Waals surface area contributed by atoms with Gasteiger partial charge in [0.15, 0.2) is 11.5 Å². The number of hydrogen-bond donors (Lipinski definition) is 3. The fraction of sp³-hybridized carbons (Fsp3) is 0.308. The van der Waals surface area contributed by atoms with E-state index >= 15 is 0 Å². The molecular formula is C13H15N5O3. The number of carbonyl (C=O) groups excluding carboxylic acids is 1. The number of amides is 2. The highest BCUT2D eigenvalue weighted by molar-refractivity contribution is 5.87. The van der Waals surface area contributed by atoms with Crippen molar-refractivity contribution in [2.75, 3.05) is 18.5 Å². The minimum atomic E-state index is -0.344. The Balaban J connectivity index is 1.41. The summed E-state index contributed by atoms with van der Waals surface area (Å²) in [6.07, 6.45) is 1.89. The summed E-state index contributed by atoms with van der Waals surface area (Å²) in [5.41, 5.74) is 0. The molecule has 3 rings (SSSR count). The minimum Gasteiger partial charge on any atom is -0.486 e. The van der Waals surface area contributed by atoms with E-state index in [9.17, 15) is 4.79 Å². The fourth-order valence-electron chi connectivity index (χ4n) is 1.97. The predicted octanol–water partition coefficient (Wildman–Crippen LogP) is 1.16. The number of ether oxygens (including phenoxy) is 2. The lowest BCUT2D eigenvalue weighted by molar-refractivity contribution is 0.0854. The standard InChI is InChI=1S/C13H15N5O3/c19-13(17-12-15-8-16-18-12)14-6-5-9-7-20-10-3-1-2-4-11(10)21-9/h1-4,8-9H,5-7H2,(H3,14,15,16,17,18,19). The SMILES string of the molecule is O=C(NCCC1COc2ccccc2O1)Nc1ncn[nH]1. The van der Waals surface area contributed by atoms with Gasteiger partial charge in [0.2, 0.25) is 5.95 Å². The van der Waals surface area contributed by atoms with Gasteiger partial charge in [0.25, 0.3) is 0 Å². The largest absolute Gasteiger partial charge is 0.486 e. The first-order chi connectivity index (χ1) is 10.3. The number of aromatic amines is 1. The number of fused-ring (bicyclic) bond motifs is 1. The molecule has 1 atom stereocenters. The first-order valence-electron chi connectivity index (χ1n) is 6.60. The number of para-hydroxylation sites is 2. The number of aromatic nitrogens is 3. The molecule has 0 aliphatic carbocycles. The van der Waals surface area contributed by atoms with E-state index in [-0.39, 0.29) is 12.1 Å². The maximum Gasteiger partial charge on any atom is 0.321 e. The molecule has 1 aromatic heterocycles. The summed E-state index contributed by atoms with van der Waals surface area (Å²) < 4.78 is 11.4. The van der Waals surface area contributed by atoms with Crippen molar-refractivity contribution in [2.24, 2.45) is 0 Å². The van der Waals surface area contributed by atoms with Crippen LogP contribution in [0.1, 0.15) is 6.42 Å². The van der Waals surface area contributed by atoms with Crippen LogP contribution in [-0.4, -0.2) is 40.5 Å². The zero-order valence-corrected chi connectivity index (χ0v) is 11.2. The third kappa shape index (κ3) is 3.41. The molecule has 0 fully saturated rings. The van der Waals surface area contributed by atoms with Crippen LogP contribution < -0.4 is 20.1 Å². The number of rotatable bonds is 4. The van der Waals surface area contributed by atoms with Crippen LogP contribution in [0.3, 0.4) is 0 Å². The van der Waals surface area contributed by atoms with Crippen molar-refractivity contribution in [3.8, 4) is 11.5 Å². The van der Waals surface area contributed by atoms with Crippen molar-refractivity contribution < 1.29 is 14.3 Å². The Labute approximate surface area is 120 Å². The molecule has 110 valence electrons. The highest BCUT2D eigenvalue weighted by Crippen LogP contribution is 2.31. The lowest BCUT2D eigenvalue weighted by Crippen LogP contribution is -2.36. The van der Waals surface area contributed by atoms with Crippen LogP contribution in [-0.2, 0) is 0 Å². The van der Waals surface area contributed by atoms with Gasteiger partial charge in [0, 0.05) is 13.0 Å². The Morgan fingerprint density at radius 2 is 2.24 bits per heavy atom. The van der Waals surface area contributed by atoms with Gasteiger partial charge in [-0.2, -0.15) is 10.1 Å². The molecule has 8 nitrogen and oxygen atoms in total. The molecule has 2 heterocycles. The van der Waals surface area contributed by atoms with E-state index in [4.69, 9.17) is 9.47 Å². The van der Waals surface area contributed by atoms with Crippen LogP contribution in [0.15, 0.2) is 30.6 Å². The summed E-state index contributed by atoms with van der Waals surface area (Å²) in [7, 11) is 0. The summed E-state index contributed by atoms with van der Waals surface area (Å²) in [6.45, 7) is 0.943. The van der Waals surface area contributed by atoms with E-state index in [2.05, 4.69) is 25.8 Å². The Morgan fingerprint density at radius 3 is 3.05 bits per heavy atom. The van der Waals surface area contributed by atoms with Gasteiger partial charge in [0.1, 0.15) is 19.0 Å². The van der Waals surface area contributed by atoms with Gasteiger partial charge in [-0.3, -0.25) is 5.32 Å². The molecule has 2 amide bonds. The minimum absolute atomic E-state index is 0.0783. The second-order valence-electron chi connectivity index (χ2n) is 4.50. The number of nitrogens with one attached hydrogen (secondary N) is 3. The topological polar surface area (TPSA) is 101 Å². The summed E-state index contributed by atoms with van der Waals surface area (Å²) in [5, 5.41) is 11.4. The van der Waals surface area contributed by atoms with Crippen LogP contribution in [0.5, 0.6) is 11.5 Å². The van der Waals surface area contributed by atoms with Gasteiger partial charge in [-0.25, -0.2) is 9.89 Å². The second-order valence-corrected chi connectivity index (χ2v) is 4.50. The number of benzene rings is 1. The summed E-state index contributed by atoms with van der Waals surface area (Å²) in [6, 6.07) is 7.19. The van der Waals surface area contributed by atoms with Crippen LogP contribution in [0, 0.1) is 0 Å². The van der Waals surface area contributed by atoms with Crippen molar-refractivity contribution in [3.63, 3.8) is 0 Å². The van der Waals surface area contributed by atoms with Gasteiger partial charge >= 0.3 is 6.03 Å². The van der Waals surface area contributed by atoms with Crippen LogP contribution in [0.25, 0.3) is 0 Å². The number of H-pyrrole nitrogens is 1. The van der Waals surface area contributed by atoms with E-state index in [1.165, 1.54) is 6.33 Å². The van der Waals surface area contributed by atoms with Gasteiger partial charge in [-0.15, -0.1) is 0 Å². The highest BCUT2D eigenvalue weighted by atomic mass is 16.6. The number of hydrogen-bond acceptors (Lipinski definition) is 5. The van der Waals surface area contributed by atoms with Crippen molar-refractivity contribution in [1.29, 1.82) is 0 Å². The molecule has 2 aromatic rings. The summed E-state index contributed by atoms with van der Waals surface area (Å²) in [4.78, 5) is 15.4. The molecule has 0 saturated heterocycles. The first kappa shape index (κ1) is 13.2. The summed E-state index contributed by atoms with van der Waals surface area (Å²) >= 11 is 0. The van der Waals surface area contributed by atoms with Crippen molar-refractivity contribution in [3.05, 3.63) is 30.6 Å². The molecule has 0 saturated carbocycles. The average molecular weight is 289 g/mol. The van der Waals surface area contributed by atoms with Crippen LogP contribution >= 0.6 is 0 Å². The maximum absolute atomic E-state index is 11.6. The number of nitrogens with zero attached hydrogens (tertiary/aromatic N) is 2. The Kier molecular flexibility index (Phi) is 3.85. The average Bonchev–Trinajstić information content (AvgIpc) is 3.00. The van der Waals surface area contributed by atoms with Gasteiger partial charge < -0.3 is 14.8 Å². The zero-order chi connectivity index (χ0) is 14.5. The van der Waals surface area contributed by atoms with Crippen LogP contribution in [0.4, 0.5) is 10.7 Å². The van der Waals surface area contributed by atoms with Crippen molar-refractivity contribution in [1.82, 2.24) is 20.5 Å². The lowest BCUT2D eigenvalue weighted by Gasteiger charge is -2.26. The number of carbonyl (C=O) groups is 1. The Bertz CT molecular complexity index is 602. The molecule has 0 radical (unpaired) electrons. The normalized spacial score (nSPS) is 16.3. The van der Waals surface area contributed by atoms with E-state index < -0.39 is 0 Å². The quantitative estimate of drug-likeness (QED) is 0.784. The van der Waals surface area contributed by atoms with Crippen LogP contribution in [0.2, 0.25) is 0 Å². The first-order valence-corrected chi connectivity index (χ1v) is 6.60. The molecule has 1 aliphatic rings. The second kappa shape index (κ2) is 6.12. The van der Waals surface area contributed by atoms with Gasteiger partial charge in [0.05, 0.1) is 0 Å². The van der Waals surface area contributed by atoms with E-state index in [1.54, 1.807) is 0 Å². The fourth-order valence-corrected chi connectivity index (χ4v) is 1.97.